The average Bonchev–Trinajstić information content (AvgIpc) is 2.63. The number of carbonyl (C=O) groups is 1. The van der Waals surface area contributed by atoms with E-state index >= 15 is 0 Å². The maximum atomic E-state index is 12.0. The summed E-state index contributed by atoms with van der Waals surface area (Å²) in [6.45, 7) is 1.68. The second-order valence-corrected chi connectivity index (χ2v) is 6.47. The summed E-state index contributed by atoms with van der Waals surface area (Å²) in [7, 11) is 1.49. The van der Waals surface area contributed by atoms with Gasteiger partial charge in [0.25, 0.3) is 0 Å². The molecule has 3 nitrogen and oxygen atoms in total. The van der Waals surface area contributed by atoms with E-state index in [1.54, 1.807) is 0 Å². The maximum Gasteiger partial charge on any atom is 0.334 e. The summed E-state index contributed by atoms with van der Waals surface area (Å²) in [5, 5.41) is 0. The molecule has 1 aliphatic heterocycles. The number of allylic oxidation sites excluding steroid dienone is 2. The molecule has 0 aromatic heterocycles. The van der Waals surface area contributed by atoms with Crippen LogP contribution in [-0.4, -0.2) is 26.3 Å². The molecule has 6 bridgehead atoms. The SMILES string of the molecule is COC(=O)C1=C[C@@H]2[C@@H]3C[C@@H]4[C@H]1C=C1COC[C@]14[C@H]23. The van der Waals surface area contributed by atoms with Crippen LogP contribution >= 0.6 is 0 Å². The molecule has 0 N–H and O–H groups in total. The summed E-state index contributed by atoms with van der Waals surface area (Å²) in [4.78, 5) is 12.0. The minimum absolute atomic E-state index is 0.119. The van der Waals surface area contributed by atoms with E-state index in [0.29, 0.717) is 23.2 Å². The first-order valence-corrected chi connectivity index (χ1v) is 6.86. The highest BCUT2D eigenvalue weighted by Gasteiger charge is 2.75. The van der Waals surface area contributed by atoms with Crippen LogP contribution < -0.4 is 0 Å². The largest absolute Gasteiger partial charge is 0.466 e. The third-order valence-corrected chi connectivity index (χ3v) is 6.17. The van der Waals surface area contributed by atoms with Crippen molar-refractivity contribution in [2.75, 3.05) is 20.3 Å². The summed E-state index contributed by atoms with van der Waals surface area (Å²) in [5.74, 6) is 2.97. The Kier molecular flexibility index (Phi) is 1.49. The van der Waals surface area contributed by atoms with Crippen LogP contribution in [0.5, 0.6) is 0 Å². The van der Waals surface area contributed by atoms with Crippen molar-refractivity contribution in [3.63, 3.8) is 0 Å². The van der Waals surface area contributed by atoms with Crippen molar-refractivity contribution in [1.29, 1.82) is 0 Å². The van der Waals surface area contributed by atoms with Gasteiger partial charge in [-0.1, -0.05) is 12.2 Å². The van der Waals surface area contributed by atoms with Gasteiger partial charge in [0.15, 0.2) is 0 Å². The van der Waals surface area contributed by atoms with Gasteiger partial charge in [0, 0.05) is 16.9 Å². The van der Waals surface area contributed by atoms with Crippen molar-refractivity contribution >= 4 is 5.97 Å². The van der Waals surface area contributed by atoms with Crippen LogP contribution in [0.1, 0.15) is 6.42 Å². The standard InChI is InChI=1S/C15H16O3/c1-17-14(16)11-3-9-10-4-12-8(11)2-7-5-18-6-15(7,12)13(9)10/h2-3,8-10,12-13H,4-6H2,1H3/t8-,9+,10-,12+,13+,15-/m0/s1. The molecule has 1 saturated heterocycles. The van der Waals surface area contributed by atoms with E-state index in [-0.39, 0.29) is 5.97 Å². The van der Waals surface area contributed by atoms with Gasteiger partial charge in [-0.05, 0) is 35.7 Å². The first-order valence-electron chi connectivity index (χ1n) is 6.86. The Morgan fingerprint density at radius 2 is 2.39 bits per heavy atom. The van der Waals surface area contributed by atoms with E-state index in [1.165, 1.54) is 19.1 Å². The number of rotatable bonds is 1. The molecular formula is C15H16O3. The second kappa shape index (κ2) is 2.74. The molecule has 6 atom stereocenters. The van der Waals surface area contributed by atoms with Crippen LogP contribution in [0.2, 0.25) is 0 Å². The summed E-state index contributed by atoms with van der Waals surface area (Å²) in [6, 6.07) is 0. The van der Waals surface area contributed by atoms with E-state index < -0.39 is 0 Å². The Bertz CT molecular complexity index is 532. The van der Waals surface area contributed by atoms with Gasteiger partial charge in [0.05, 0.1) is 20.3 Å². The zero-order valence-corrected chi connectivity index (χ0v) is 10.4. The van der Waals surface area contributed by atoms with Crippen molar-refractivity contribution in [1.82, 2.24) is 0 Å². The molecule has 94 valence electrons. The van der Waals surface area contributed by atoms with E-state index in [9.17, 15) is 4.79 Å². The van der Waals surface area contributed by atoms with E-state index in [2.05, 4.69) is 12.2 Å². The Balaban J connectivity index is 1.70. The number of carbonyl (C=O) groups excluding carboxylic acids is 1. The summed E-state index contributed by atoms with van der Waals surface area (Å²) < 4.78 is 10.7. The van der Waals surface area contributed by atoms with Crippen molar-refractivity contribution in [2.24, 2.45) is 35.0 Å². The molecule has 0 aromatic rings. The molecule has 0 radical (unpaired) electrons. The predicted octanol–water partition coefficient (Wildman–Crippen LogP) is 1.55. The van der Waals surface area contributed by atoms with Gasteiger partial charge < -0.3 is 9.47 Å². The molecular weight excluding hydrogens is 228 g/mol. The van der Waals surface area contributed by atoms with Crippen LogP contribution in [0.15, 0.2) is 23.3 Å². The molecule has 0 amide bonds. The lowest BCUT2D eigenvalue weighted by Crippen LogP contribution is -2.31. The van der Waals surface area contributed by atoms with E-state index in [0.717, 1.165) is 30.6 Å². The van der Waals surface area contributed by atoms with Crippen LogP contribution in [0.3, 0.4) is 0 Å². The molecule has 1 heterocycles. The minimum Gasteiger partial charge on any atom is -0.466 e. The van der Waals surface area contributed by atoms with Gasteiger partial charge in [0.1, 0.15) is 0 Å². The molecule has 18 heavy (non-hydrogen) atoms. The fourth-order valence-electron chi connectivity index (χ4n) is 5.57. The Hall–Kier alpha value is -1.09. The highest BCUT2D eigenvalue weighted by atomic mass is 16.5. The first-order chi connectivity index (χ1) is 8.77. The number of hydrogen-bond acceptors (Lipinski definition) is 3. The first kappa shape index (κ1) is 9.79. The molecule has 2 saturated carbocycles. The fourth-order valence-corrected chi connectivity index (χ4v) is 5.57. The topological polar surface area (TPSA) is 35.5 Å². The van der Waals surface area contributed by atoms with Gasteiger partial charge in [-0.15, -0.1) is 0 Å². The molecule has 1 spiro atoms. The summed E-state index contributed by atoms with van der Waals surface area (Å²) in [6.07, 6.45) is 5.83. The van der Waals surface area contributed by atoms with Crippen molar-refractivity contribution in [2.45, 2.75) is 6.42 Å². The van der Waals surface area contributed by atoms with Gasteiger partial charge >= 0.3 is 5.97 Å². The van der Waals surface area contributed by atoms with Crippen molar-refractivity contribution < 1.29 is 14.3 Å². The highest BCUT2D eigenvalue weighted by Crippen LogP contribution is 2.78. The molecule has 6 aliphatic rings. The summed E-state index contributed by atoms with van der Waals surface area (Å²) >= 11 is 0. The molecule has 6 rings (SSSR count). The lowest BCUT2D eigenvalue weighted by molar-refractivity contribution is -0.136. The summed E-state index contributed by atoms with van der Waals surface area (Å²) in [5.41, 5.74) is 2.71. The third-order valence-electron chi connectivity index (χ3n) is 6.17. The predicted molar refractivity (Wildman–Crippen MR) is 63.5 cm³/mol. The molecule has 3 fully saturated rings. The smallest absolute Gasteiger partial charge is 0.334 e. The van der Waals surface area contributed by atoms with Gasteiger partial charge in [-0.3, -0.25) is 0 Å². The van der Waals surface area contributed by atoms with Crippen LogP contribution in [0, 0.1) is 35.0 Å². The van der Waals surface area contributed by atoms with Crippen molar-refractivity contribution in [3.05, 3.63) is 23.3 Å². The Morgan fingerprint density at radius 1 is 1.50 bits per heavy atom. The third kappa shape index (κ3) is 0.804. The molecule has 3 heteroatoms. The van der Waals surface area contributed by atoms with Crippen LogP contribution in [0.4, 0.5) is 0 Å². The Morgan fingerprint density at radius 3 is 3.22 bits per heavy atom. The fraction of sp³-hybridized carbons (Fsp3) is 0.667. The number of esters is 1. The maximum absolute atomic E-state index is 12.0. The number of methoxy groups -OCH3 is 1. The van der Waals surface area contributed by atoms with Gasteiger partial charge in [-0.2, -0.15) is 0 Å². The molecule has 0 unspecified atom stereocenters. The van der Waals surface area contributed by atoms with Gasteiger partial charge in [-0.25, -0.2) is 4.79 Å². The molecule has 5 aliphatic carbocycles. The van der Waals surface area contributed by atoms with Crippen LogP contribution in [0.25, 0.3) is 0 Å². The zero-order chi connectivity index (χ0) is 12.1. The molecule has 0 aromatic carbocycles. The van der Waals surface area contributed by atoms with Crippen molar-refractivity contribution in [3.8, 4) is 0 Å². The Labute approximate surface area is 106 Å². The quantitative estimate of drug-likeness (QED) is 0.518. The van der Waals surface area contributed by atoms with Crippen LogP contribution in [-0.2, 0) is 14.3 Å². The number of hydrogen-bond donors (Lipinski definition) is 0. The lowest BCUT2D eigenvalue weighted by atomic mass is 9.71. The normalized spacial score (nSPS) is 53.5. The lowest BCUT2D eigenvalue weighted by Gasteiger charge is -2.31. The minimum atomic E-state index is -0.119. The number of ether oxygens (including phenoxy) is 2. The average molecular weight is 244 g/mol. The van der Waals surface area contributed by atoms with E-state index in [4.69, 9.17) is 9.47 Å². The zero-order valence-electron chi connectivity index (χ0n) is 10.4. The second-order valence-electron chi connectivity index (χ2n) is 6.47. The van der Waals surface area contributed by atoms with Gasteiger partial charge in [0.2, 0.25) is 0 Å². The monoisotopic (exact) mass is 244 g/mol. The highest BCUT2D eigenvalue weighted by molar-refractivity contribution is 5.90. The van der Waals surface area contributed by atoms with E-state index in [1.807, 2.05) is 0 Å².